The normalized spacial score (nSPS) is 14.9. The summed E-state index contributed by atoms with van der Waals surface area (Å²) in [6.07, 6.45) is 3.20. The summed E-state index contributed by atoms with van der Waals surface area (Å²) in [7, 11) is 0. The fraction of sp³-hybridized carbons (Fsp3) is 0.304. The molecule has 0 spiro atoms. The number of fused-ring (bicyclic) bond motifs is 1. The summed E-state index contributed by atoms with van der Waals surface area (Å²) in [4.78, 5) is 21.5. The Labute approximate surface area is 166 Å². The average Bonchev–Trinajstić information content (AvgIpc) is 2.75. The van der Waals surface area contributed by atoms with Gasteiger partial charge in [0.2, 0.25) is 5.91 Å². The molecule has 1 aromatic heterocycles. The standard InChI is InChI=1S/C23H26N4O/c28-23(25-20-10-11-22-19(18-20)6-4-12-24-22)9-5-13-26-14-16-27(17-15-26)21-7-2-1-3-8-21/h1-4,6-8,10-12,18H,5,9,13-17H2,(H,25,28). The molecule has 1 aliphatic rings. The third kappa shape index (κ3) is 4.67. The minimum atomic E-state index is 0.0751. The van der Waals surface area contributed by atoms with Crippen molar-refractivity contribution in [3.63, 3.8) is 0 Å². The van der Waals surface area contributed by atoms with Gasteiger partial charge in [-0.1, -0.05) is 24.3 Å². The number of anilines is 2. The second kappa shape index (κ2) is 8.85. The van der Waals surface area contributed by atoms with Crippen molar-refractivity contribution in [3.8, 4) is 0 Å². The Morgan fingerprint density at radius 1 is 0.964 bits per heavy atom. The van der Waals surface area contributed by atoms with Crippen LogP contribution in [0.3, 0.4) is 0 Å². The van der Waals surface area contributed by atoms with E-state index in [0.29, 0.717) is 6.42 Å². The number of nitrogens with one attached hydrogen (secondary N) is 1. The van der Waals surface area contributed by atoms with E-state index in [2.05, 4.69) is 50.4 Å². The van der Waals surface area contributed by atoms with Crippen molar-refractivity contribution in [1.82, 2.24) is 9.88 Å². The first kappa shape index (κ1) is 18.4. The average molecular weight is 374 g/mol. The highest BCUT2D eigenvalue weighted by atomic mass is 16.1. The molecule has 2 heterocycles. The molecule has 0 bridgehead atoms. The van der Waals surface area contributed by atoms with Crippen LogP contribution in [-0.2, 0) is 4.79 Å². The summed E-state index contributed by atoms with van der Waals surface area (Å²) >= 11 is 0. The van der Waals surface area contributed by atoms with Gasteiger partial charge in [0.25, 0.3) is 0 Å². The molecule has 0 atom stereocenters. The summed E-state index contributed by atoms with van der Waals surface area (Å²) in [6.45, 7) is 5.16. The molecule has 28 heavy (non-hydrogen) atoms. The molecule has 0 unspecified atom stereocenters. The van der Waals surface area contributed by atoms with E-state index in [9.17, 15) is 4.79 Å². The van der Waals surface area contributed by atoms with Gasteiger partial charge < -0.3 is 10.2 Å². The Morgan fingerprint density at radius 3 is 2.61 bits per heavy atom. The Hall–Kier alpha value is -2.92. The number of pyridine rings is 1. The van der Waals surface area contributed by atoms with Crippen LogP contribution in [0.1, 0.15) is 12.8 Å². The molecule has 0 saturated carbocycles. The number of hydrogen-bond acceptors (Lipinski definition) is 4. The van der Waals surface area contributed by atoms with E-state index in [4.69, 9.17) is 0 Å². The largest absolute Gasteiger partial charge is 0.369 e. The lowest BCUT2D eigenvalue weighted by atomic mass is 10.2. The molecule has 0 aliphatic carbocycles. The van der Waals surface area contributed by atoms with Gasteiger partial charge in [-0.2, -0.15) is 0 Å². The van der Waals surface area contributed by atoms with E-state index in [-0.39, 0.29) is 5.91 Å². The van der Waals surface area contributed by atoms with Crippen molar-refractivity contribution in [3.05, 3.63) is 66.9 Å². The Morgan fingerprint density at radius 2 is 1.79 bits per heavy atom. The first-order valence-corrected chi connectivity index (χ1v) is 9.95. The quantitative estimate of drug-likeness (QED) is 0.713. The molecule has 5 heteroatoms. The number of benzene rings is 2. The summed E-state index contributed by atoms with van der Waals surface area (Å²) in [5, 5.41) is 4.05. The fourth-order valence-electron chi connectivity index (χ4n) is 3.71. The number of rotatable bonds is 6. The number of nitrogens with zero attached hydrogens (tertiary/aromatic N) is 3. The first-order chi connectivity index (χ1) is 13.8. The van der Waals surface area contributed by atoms with Gasteiger partial charge in [-0.3, -0.25) is 14.7 Å². The molecule has 1 fully saturated rings. The molecule has 1 aliphatic heterocycles. The Bertz CT molecular complexity index is 920. The van der Waals surface area contributed by atoms with Crippen LogP contribution in [0, 0.1) is 0 Å². The molecular formula is C23H26N4O. The van der Waals surface area contributed by atoms with Crippen molar-refractivity contribution in [1.29, 1.82) is 0 Å². The first-order valence-electron chi connectivity index (χ1n) is 9.95. The molecule has 5 nitrogen and oxygen atoms in total. The van der Waals surface area contributed by atoms with Crippen LogP contribution in [0.5, 0.6) is 0 Å². The van der Waals surface area contributed by atoms with Gasteiger partial charge in [-0.15, -0.1) is 0 Å². The Balaban J connectivity index is 1.19. The highest BCUT2D eigenvalue weighted by Crippen LogP contribution is 2.18. The second-order valence-corrected chi connectivity index (χ2v) is 7.23. The topological polar surface area (TPSA) is 48.5 Å². The molecule has 1 amide bonds. The van der Waals surface area contributed by atoms with Gasteiger partial charge >= 0.3 is 0 Å². The zero-order valence-corrected chi connectivity index (χ0v) is 16.1. The van der Waals surface area contributed by atoms with Gasteiger partial charge in [0, 0.05) is 55.6 Å². The van der Waals surface area contributed by atoms with Crippen LogP contribution >= 0.6 is 0 Å². The van der Waals surface area contributed by atoms with Gasteiger partial charge in [0.15, 0.2) is 0 Å². The molecule has 0 radical (unpaired) electrons. The minimum Gasteiger partial charge on any atom is -0.369 e. The van der Waals surface area contributed by atoms with E-state index in [0.717, 1.165) is 55.7 Å². The maximum absolute atomic E-state index is 12.3. The molecule has 1 saturated heterocycles. The highest BCUT2D eigenvalue weighted by Gasteiger charge is 2.16. The van der Waals surface area contributed by atoms with E-state index in [1.54, 1.807) is 6.20 Å². The van der Waals surface area contributed by atoms with Gasteiger partial charge in [0.05, 0.1) is 5.52 Å². The van der Waals surface area contributed by atoms with Crippen LogP contribution < -0.4 is 10.2 Å². The molecule has 1 N–H and O–H groups in total. The van der Waals surface area contributed by atoms with E-state index in [1.165, 1.54) is 5.69 Å². The molecule has 2 aromatic carbocycles. The van der Waals surface area contributed by atoms with Gasteiger partial charge in [-0.05, 0) is 49.4 Å². The predicted octanol–water partition coefficient (Wildman–Crippen LogP) is 3.78. The number of piperazine rings is 1. The van der Waals surface area contributed by atoms with Crippen LogP contribution in [0.15, 0.2) is 66.9 Å². The van der Waals surface area contributed by atoms with Crippen molar-refractivity contribution >= 4 is 28.2 Å². The minimum absolute atomic E-state index is 0.0751. The number of carbonyl (C=O) groups excluding carboxylic acids is 1. The maximum Gasteiger partial charge on any atom is 0.224 e. The highest BCUT2D eigenvalue weighted by molar-refractivity contribution is 5.93. The smallest absolute Gasteiger partial charge is 0.224 e. The molecule has 3 aromatic rings. The third-order valence-electron chi connectivity index (χ3n) is 5.26. The number of hydrogen-bond donors (Lipinski definition) is 1. The van der Waals surface area contributed by atoms with Gasteiger partial charge in [-0.25, -0.2) is 0 Å². The summed E-state index contributed by atoms with van der Waals surface area (Å²) in [5.41, 5.74) is 3.07. The lowest BCUT2D eigenvalue weighted by molar-refractivity contribution is -0.116. The lowest BCUT2D eigenvalue weighted by Crippen LogP contribution is -2.46. The number of para-hydroxylation sites is 1. The molecule has 4 rings (SSSR count). The Kier molecular flexibility index (Phi) is 5.83. The monoisotopic (exact) mass is 374 g/mol. The van der Waals surface area contributed by atoms with Gasteiger partial charge in [0.1, 0.15) is 0 Å². The molecule has 144 valence electrons. The summed E-state index contributed by atoms with van der Waals surface area (Å²) < 4.78 is 0. The number of amides is 1. The van der Waals surface area contributed by atoms with Crippen molar-refractivity contribution < 1.29 is 4.79 Å². The summed E-state index contributed by atoms with van der Waals surface area (Å²) in [6, 6.07) is 20.3. The number of carbonyl (C=O) groups is 1. The van der Waals surface area contributed by atoms with E-state index >= 15 is 0 Å². The van der Waals surface area contributed by atoms with Crippen LogP contribution in [0.25, 0.3) is 10.9 Å². The zero-order chi connectivity index (χ0) is 19.2. The summed E-state index contributed by atoms with van der Waals surface area (Å²) in [5.74, 6) is 0.0751. The van der Waals surface area contributed by atoms with Crippen molar-refractivity contribution in [2.24, 2.45) is 0 Å². The van der Waals surface area contributed by atoms with Crippen LogP contribution in [0.4, 0.5) is 11.4 Å². The van der Waals surface area contributed by atoms with Crippen molar-refractivity contribution in [2.45, 2.75) is 12.8 Å². The van der Waals surface area contributed by atoms with Crippen LogP contribution in [-0.4, -0.2) is 48.5 Å². The SMILES string of the molecule is O=C(CCCN1CCN(c2ccccc2)CC1)Nc1ccc2ncccc2c1. The van der Waals surface area contributed by atoms with E-state index in [1.807, 2.05) is 30.3 Å². The lowest BCUT2D eigenvalue weighted by Gasteiger charge is -2.36. The van der Waals surface area contributed by atoms with Crippen molar-refractivity contribution in [2.75, 3.05) is 42.9 Å². The van der Waals surface area contributed by atoms with Crippen LogP contribution in [0.2, 0.25) is 0 Å². The second-order valence-electron chi connectivity index (χ2n) is 7.23. The predicted molar refractivity (Wildman–Crippen MR) is 115 cm³/mol. The zero-order valence-electron chi connectivity index (χ0n) is 16.1. The maximum atomic E-state index is 12.3. The molecular weight excluding hydrogens is 348 g/mol. The fourth-order valence-corrected chi connectivity index (χ4v) is 3.71. The number of aromatic nitrogens is 1. The van der Waals surface area contributed by atoms with E-state index < -0.39 is 0 Å². The third-order valence-corrected chi connectivity index (χ3v) is 5.26.